The molecule has 0 spiro atoms. The second-order valence-corrected chi connectivity index (χ2v) is 7.83. The van der Waals surface area contributed by atoms with E-state index in [2.05, 4.69) is 29.4 Å². The van der Waals surface area contributed by atoms with Crippen LogP contribution in [0.25, 0.3) is 0 Å². The maximum absolute atomic E-state index is 12.8. The number of nitrogens with zero attached hydrogens (tertiary/aromatic N) is 2. The van der Waals surface area contributed by atoms with E-state index in [1.807, 2.05) is 0 Å². The molecule has 0 aliphatic rings. The number of halogens is 1. The third kappa shape index (κ3) is 5.00. The molecule has 1 aromatic carbocycles. The summed E-state index contributed by atoms with van der Waals surface area (Å²) in [4.78, 5) is 0. The van der Waals surface area contributed by atoms with Crippen molar-refractivity contribution in [2.75, 3.05) is 11.1 Å². The molecule has 0 unspecified atom stereocenters. The molecule has 0 fully saturated rings. The zero-order valence-corrected chi connectivity index (χ0v) is 13.0. The summed E-state index contributed by atoms with van der Waals surface area (Å²) in [7, 11) is 3.43. The second kappa shape index (κ2) is 7.12. The first kappa shape index (κ1) is 14.6. The lowest BCUT2D eigenvalue weighted by Gasteiger charge is -2.01. The first-order chi connectivity index (χ1) is 9.13. The second-order valence-electron chi connectivity index (χ2n) is 4.27. The fraction of sp³-hybridized carbons (Fsp3) is 0.333. The van der Waals surface area contributed by atoms with E-state index in [9.17, 15) is 4.39 Å². The Morgan fingerprint density at radius 1 is 1.26 bits per heavy atom. The van der Waals surface area contributed by atoms with Gasteiger partial charge in [-0.05, 0) is 41.0 Å². The minimum Gasteiger partial charge on any atom is -0.330 e. The molecule has 2 aromatic rings. The summed E-state index contributed by atoms with van der Waals surface area (Å²) in [5.74, 6) is 1.51. The fourth-order valence-corrected chi connectivity index (χ4v) is 4.72. The SMILES string of the molecule is CC(C)CSSc1nnc(Nc2ccc(F)cc2)s1. The summed E-state index contributed by atoms with van der Waals surface area (Å²) < 4.78 is 13.7. The van der Waals surface area contributed by atoms with Crippen molar-refractivity contribution < 1.29 is 4.39 Å². The molecule has 1 aromatic heterocycles. The van der Waals surface area contributed by atoms with Crippen LogP contribution >= 0.6 is 32.9 Å². The van der Waals surface area contributed by atoms with E-state index in [4.69, 9.17) is 0 Å². The summed E-state index contributed by atoms with van der Waals surface area (Å²) in [5, 5.41) is 12.0. The summed E-state index contributed by atoms with van der Waals surface area (Å²) in [6.45, 7) is 4.38. The van der Waals surface area contributed by atoms with Crippen LogP contribution in [-0.4, -0.2) is 16.0 Å². The third-order valence-corrected chi connectivity index (χ3v) is 5.86. The molecule has 102 valence electrons. The van der Waals surface area contributed by atoms with Gasteiger partial charge < -0.3 is 5.32 Å². The van der Waals surface area contributed by atoms with E-state index < -0.39 is 0 Å². The van der Waals surface area contributed by atoms with Crippen molar-refractivity contribution in [2.24, 2.45) is 5.92 Å². The molecule has 7 heteroatoms. The number of hydrogen-bond donors (Lipinski definition) is 1. The van der Waals surface area contributed by atoms with Gasteiger partial charge in [-0.15, -0.1) is 10.2 Å². The lowest BCUT2D eigenvalue weighted by molar-refractivity contribution is 0.628. The van der Waals surface area contributed by atoms with Crippen LogP contribution < -0.4 is 5.32 Å². The summed E-state index contributed by atoms with van der Waals surface area (Å²) in [6.07, 6.45) is 0. The number of rotatable bonds is 6. The number of nitrogens with one attached hydrogen (secondary N) is 1. The van der Waals surface area contributed by atoms with E-state index >= 15 is 0 Å². The predicted molar refractivity (Wildman–Crippen MR) is 82.7 cm³/mol. The van der Waals surface area contributed by atoms with Crippen LogP contribution in [0.4, 0.5) is 15.2 Å². The number of anilines is 2. The minimum absolute atomic E-state index is 0.246. The minimum atomic E-state index is -0.246. The van der Waals surface area contributed by atoms with Gasteiger partial charge in [0.2, 0.25) is 5.13 Å². The Hall–Kier alpha value is -0.790. The molecular formula is C12H14FN3S3. The first-order valence-corrected chi connectivity index (χ1v) is 8.92. The number of aromatic nitrogens is 2. The summed E-state index contributed by atoms with van der Waals surface area (Å²) in [6, 6.07) is 6.18. The highest BCUT2D eigenvalue weighted by atomic mass is 33.1. The van der Waals surface area contributed by atoms with E-state index in [1.54, 1.807) is 33.7 Å². The molecule has 0 aliphatic carbocycles. The molecule has 3 nitrogen and oxygen atoms in total. The maximum atomic E-state index is 12.8. The van der Waals surface area contributed by atoms with Crippen LogP contribution in [0, 0.1) is 11.7 Å². The molecule has 0 atom stereocenters. The van der Waals surface area contributed by atoms with Crippen LogP contribution in [0.1, 0.15) is 13.8 Å². The van der Waals surface area contributed by atoms with Gasteiger partial charge in [-0.1, -0.05) is 36.0 Å². The Kier molecular flexibility index (Phi) is 5.47. The summed E-state index contributed by atoms with van der Waals surface area (Å²) in [5.41, 5.74) is 0.809. The highest BCUT2D eigenvalue weighted by Crippen LogP contribution is 2.36. The summed E-state index contributed by atoms with van der Waals surface area (Å²) >= 11 is 1.50. The highest BCUT2D eigenvalue weighted by Gasteiger charge is 2.06. The third-order valence-electron chi connectivity index (χ3n) is 2.03. The van der Waals surface area contributed by atoms with Gasteiger partial charge >= 0.3 is 0 Å². The van der Waals surface area contributed by atoms with Gasteiger partial charge in [-0.3, -0.25) is 0 Å². The van der Waals surface area contributed by atoms with Crippen molar-refractivity contribution >= 4 is 43.7 Å². The lowest BCUT2D eigenvalue weighted by atomic mass is 10.3. The average Bonchev–Trinajstić information content (AvgIpc) is 2.79. The zero-order chi connectivity index (χ0) is 13.7. The largest absolute Gasteiger partial charge is 0.330 e. The molecule has 1 N–H and O–H groups in total. The van der Waals surface area contributed by atoms with Gasteiger partial charge in [0.15, 0.2) is 4.34 Å². The van der Waals surface area contributed by atoms with Gasteiger partial charge in [-0.25, -0.2) is 4.39 Å². The van der Waals surface area contributed by atoms with Crippen LogP contribution in [0.15, 0.2) is 28.6 Å². The van der Waals surface area contributed by atoms with Crippen LogP contribution in [-0.2, 0) is 0 Å². The van der Waals surface area contributed by atoms with Crippen LogP contribution in [0.2, 0.25) is 0 Å². The Morgan fingerprint density at radius 2 is 2.00 bits per heavy atom. The molecule has 2 rings (SSSR count). The van der Waals surface area contributed by atoms with Gasteiger partial charge in [0, 0.05) is 11.4 Å². The van der Waals surface area contributed by atoms with Crippen molar-refractivity contribution in [1.29, 1.82) is 0 Å². The fourth-order valence-electron chi connectivity index (χ4n) is 1.17. The van der Waals surface area contributed by atoms with Crippen molar-refractivity contribution in [3.63, 3.8) is 0 Å². The zero-order valence-electron chi connectivity index (χ0n) is 10.6. The molecule has 0 saturated carbocycles. The Morgan fingerprint density at radius 3 is 2.68 bits per heavy atom. The van der Waals surface area contributed by atoms with E-state index in [0.717, 1.165) is 20.9 Å². The van der Waals surface area contributed by atoms with E-state index in [0.29, 0.717) is 5.92 Å². The molecule has 0 amide bonds. The lowest BCUT2D eigenvalue weighted by Crippen LogP contribution is -1.89. The maximum Gasteiger partial charge on any atom is 0.210 e. The standard InChI is InChI=1S/C12H14FN3S3/c1-8(2)7-17-19-12-16-15-11(18-12)14-10-5-3-9(13)4-6-10/h3-6,8H,7H2,1-2H3,(H,14,15). The normalized spacial score (nSPS) is 10.9. The molecule has 0 bridgehead atoms. The van der Waals surface area contributed by atoms with Gasteiger partial charge in [0.25, 0.3) is 0 Å². The Balaban J connectivity index is 1.88. The Labute approximate surface area is 123 Å². The Bertz CT molecular complexity index is 513. The van der Waals surface area contributed by atoms with Crippen LogP contribution in [0.3, 0.4) is 0 Å². The van der Waals surface area contributed by atoms with Gasteiger partial charge in [0.1, 0.15) is 5.82 Å². The number of benzene rings is 1. The molecular weight excluding hydrogens is 301 g/mol. The van der Waals surface area contributed by atoms with Crippen molar-refractivity contribution in [2.45, 2.75) is 18.2 Å². The van der Waals surface area contributed by atoms with Gasteiger partial charge in [-0.2, -0.15) is 0 Å². The molecule has 0 radical (unpaired) electrons. The quantitative estimate of drug-likeness (QED) is 0.774. The van der Waals surface area contributed by atoms with Crippen LogP contribution in [0.5, 0.6) is 0 Å². The molecule has 19 heavy (non-hydrogen) atoms. The van der Waals surface area contributed by atoms with E-state index in [1.165, 1.54) is 23.5 Å². The first-order valence-electron chi connectivity index (χ1n) is 5.79. The van der Waals surface area contributed by atoms with Gasteiger partial charge in [0.05, 0.1) is 0 Å². The predicted octanol–water partition coefficient (Wildman–Crippen LogP) is 4.82. The molecule has 1 heterocycles. The van der Waals surface area contributed by atoms with E-state index in [-0.39, 0.29) is 5.82 Å². The molecule has 0 saturated heterocycles. The molecule has 0 aliphatic heterocycles. The van der Waals surface area contributed by atoms with Crippen molar-refractivity contribution in [3.05, 3.63) is 30.1 Å². The monoisotopic (exact) mass is 315 g/mol. The van der Waals surface area contributed by atoms with Crippen molar-refractivity contribution in [3.8, 4) is 0 Å². The smallest absolute Gasteiger partial charge is 0.210 e. The van der Waals surface area contributed by atoms with Crippen molar-refractivity contribution in [1.82, 2.24) is 10.2 Å². The number of hydrogen-bond acceptors (Lipinski definition) is 6. The topological polar surface area (TPSA) is 37.8 Å². The highest BCUT2D eigenvalue weighted by molar-refractivity contribution is 8.77. The average molecular weight is 315 g/mol.